The Hall–Kier alpha value is -2.25. The highest BCUT2D eigenvalue weighted by Gasteiger charge is 1.94. The minimum atomic E-state index is -1.06. The van der Waals surface area contributed by atoms with Crippen LogP contribution in [-0.2, 0) is 9.53 Å². The van der Waals surface area contributed by atoms with Crippen molar-refractivity contribution in [1.82, 2.24) is 0 Å². The van der Waals surface area contributed by atoms with Gasteiger partial charge in [0, 0.05) is 6.08 Å². The smallest absolute Gasteiger partial charge is 0.328 e. The molecule has 0 aliphatic heterocycles. The second kappa shape index (κ2) is 8.09. The number of carbonyl (C=O) groups is 1. The first kappa shape index (κ1) is 13.8. The summed E-state index contributed by atoms with van der Waals surface area (Å²) in [5.41, 5.74) is 2.81. The summed E-state index contributed by atoms with van der Waals surface area (Å²) >= 11 is 0. The third-order valence-electron chi connectivity index (χ3n) is 1.35. The van der Waals surface area contributed by atoms with Crippen molar-refractivity contribution in [2.75, 3.05) is 0 Å². The van der Waals surface area contributed by atoms with Gasteiger partial charge in [-0.2, -0.15) is 0 Å². The van der Waals surface area contributed by atoms with E-state index in [1.165, 1.54) is 12.2 Å². The van der Waals surface area contributed by atoms with Gasteiger partial charge < -0.3 is 9.84 Å². The fraction of sp³-hybridized carbons (Fsp3) is 0.0769. The summed E-state index contributed by atoms with van der Waals surface area (Å²) in [6.07, 6.45) is 8.93. The molecule has 0 heterocycles. The number of carboxylic acid groups (broad SMARTS) is 1. The van der Waals surface area contributed by atoms with Crippen LogP contribution >= 0.6 is 0 Å². The van der Waals surface area contributed by atoms with Crippen LogP contribution in [0.4, 0.5) is 0 Å². The van der Waals surface area contributed by atoms with Crippen molar-refractivity contribution in [3.63, 3.8) is 0 Å². The highest BCUT2D eigenvalue weighted by atomic mass is 16.5. The molecule has 84 valence electrons. The third-order valence-corrected chi connectivity index (χ3v) is 1.35. The Morgan fingerprint density at radius 2 is 2.12 bits per heavy atom. The normalized spacial score (nSPS) is 9.81. The molecule has 0 bridgehead atoms. The zero-order valence-electron chi connectivity index (χ0n) is 9.14. The van der Waals surface area contributed by atoms with E-state index in [-0.39, 0.29) is 5.76 Å². The van der Waals surface area contributed by atoms with E-state index >= 15 is 0 Å². The van der Waals surface area contributed by atoms with Gasteiger partial charge in [-0.15, -0.1) is 0 Å². The summed E-state index contributed by atoms with van der Waals surface area (Å²) in [5, 5.41) is 8.39. The summed E-state index contributed by atoms with van der Waals surface area (Å²) in [4.78, 5) is 10.2. The van der Waals surface area contributed by atoms with Crippen LogP contribution < -0.4 is 0 Å². The first-order valence-electron chi connectivity index (χ1n) is 4.58. The molecule has 0 aliphatic rings. The lowest BCUT2D eigenvalue weighted by Crippen LogP contribution is -1.89. The van der Waals surface area contributed by atoms with E-state index in [2.05, 4.69) is 18.9 Å². The molecule has 0 saturated carbocycles. The topological polar surface area (TPSA) is 46.5 Å². The van der Waals surface area contributed by atoms with Gasteiger partial charge >= 0.3 is 5.97 Å². The third kappa shape index (κ3) is 7.18. The fourth-order valence-corrected chi connectivity index (χ4v) is 0.696. The zero-order valence-corrected chi connectivity index (χ0v) is 9.14. The molecule has 0 aromatic rings. The van der Waals surface area contributed by atoms with Crippen molar-refractivity contribution in [2.45, 2.75) is 6.92 Å². The molecule has 0 aliphatic carbocycles. The molecule has 0 radical (unpaired) electrons. The van der Waals surface area contributed by atoms with Gasteiger partial charge in [-0.25, -0.2) is 4.79 Å². The van der Waals surface area contributed by atoms with Crippen LogP contribution in [0, 0.1) is 0 Å². The zero-order chi connectivity index (χ0) is 12.4. The number of ether oxygens (including phenoxy) is 1. The van der Waals surface area contributed by atoms with Gasteiger partial charge in [0.25, 0.3) is 0 Å². The van der Waals surface area contributed by atoms with E-state index < -0.39 is 5.97 Å². The quantitative estimate of drug-likeness (QED) is 0.322. The Morgan fingerprint density at radius 1 is 1.44 bits per heavy atom. The van der Waals surface area contributed by atoms with Crippen LogP contribution in [0.2, 0.25) is 0 Å². The molecule has 0 atom stereocenters. The van der Waals surface area contributed by atoms with Crippen molar-refractivity contribution in [3.05, 3.63) is 66.9 Å². The fourth-order valence-electron chi connectivity index (χ4n) is 0.696. The molecule has 0 saturated heterocycles. The van der Waals surface area contributed by atoms with Crippen molar-refractivity contribution in [2.24, 2.45) is 0 Å². The molecular weight excluding hydrogens is 204 g/mol. The van der Waals surface area contributed by atoms with Crippen LogP contribution in [0.5, 0.6) is 0 Å². The molecular formula is C13H14O3. The second-order valence-corrected chi connectivity index (χ2v) is 2.65. The minimum absolute atomic E-state index is 0.207. The predicted octanol–water partition coefficient (Wildman–Crippen LogP) is 2.96. The first-order valence-corrected chi connectivity index (χ1v) is 4.58. The van der Waals surface area contributed by atoms with Gasteiger partial charge in [0.1, 0.15) is 5.76 Å². The molecule has 0 fully saturated rings. The lowest BCUT2D eigenvalue weighted by Gasteiger charge is -2.01. The molecule has 0 aromatic carbocycles. The van der Waals surface area contributed by atoms with Gasteiger partial charge in [0.05, 0.1) is 0 Å². The Balaban J connectivity index is 4.56. The summed E-state index contributed by atoms with van der Waals surface area (Å²) in [6, 6.07) is 0. The largest absolute Gasteiger partial charge is 0.478 e. The summed E-state index contributed by atoms with van der Waals surface area (Å²) in [7, 11) is 0. The average Bonchev–Trinajstić information content (AvgIpc) is 2.25. The average molecular weight is 218 g/mol. The Bertz CT molecular complexity index is 391. The van der Waals surface area contributed by atoms with Crippen LogP contribution in [0.15, 0.2) is 66.9 Å². The number of carboxylic acids is 1. The molecule has 0 spiro atoms. The molecule has 3 heteroatoms. The van der Waals surface area contributed by atoms with E-state index in [1.54, 1.807) is 12.2 Å². The van der Waals surface area contributed by atoms with Gasteiger partial charge in [0.15, 0.2) is 5.76 Å². The van der Waals surface area contributed by atoms with Crippen LogP contribution in [0.25, 0.3) is 0 Å². The summed E-state index contributed by atoms with van der Waals surface area (Å²) in [5.74, 6) is -0.477. The Morgan fingerprint density at radius 3 is 2.62 bits per heavy atom. The van der Waals surface area contributed by atoms with Crippen molar-refractivity contribution in [1.29, 1.82) is 0 Å². The van der Waals surface area contributed by atoms with Crippen molar-refractivity contribution in [3.8, 4) is 0 Å². The number of hydrogen-bond donors (Lipinski definition) is 1. The number of aliphatic carboxylic acids is 1. The van der Waals surface area contributed by atoms with Gasteiger partial charge in [-0.05, 0) is 25.2 Å². The molecule has 0 amide bonds. The maximum absolute atomic E-state index is 10.2. The highest BCUT2D eigenvalue weighted by molar-refractivity contribution is 5.80. The maximum atomic E-state index is 10.2. The number of allylic oxidation sites excluding steroid dienone is 4. The Labute approximate surface area is 95.1 Å². The maximum Gasteiger partial charge on any atom is 0.328 e. The lowest BCUT2D eigenvalue weighted by molar-refractivity contribution is -0.131. The predicted molar refractivity (Wildman–Crippen MR) is 63.6 cm³/mol. The SMILES string of the molecule is C=CC(=C=C/C=C\C)OC(=C)/C=C/C(=O)O. The highest BCUT2D eigenvalue weighted by Crippen LogP contribution is 2.05. The molecule has 3 nitrogen and oxygen atoms in total. The lowest BCUT2D eigenvalue weighted by atomic mass is 10.4. The van der Waals surface area contributed by atoms with E-state index in [0.29, 0.717) is 5.76 Å². The molecule has 0 unspecified atom stereocenters. The van der Waals surface area contributed by atoms with E-state index in [9.17, 15) is 4.79 Å². The molecule has 16 heavy (non-hydrogen) atoms. The molecule has 1 N–H and O–H groups in total. The van der Waals surface area contributed by atoms with E-state index in [0.717, 1.165) is 6.08 Å². The summed E-state index contributed by atoms with van der Waals surface area (Å²) in [6.45, 7) is 8.94. The van der Waals surface area contributed by atoms with Gasteiger partial charge in [-0.1, -0.05) is 31.0 Å². The van der Waals surface area contributed by atoms with Crippen molar-refractivity contribution < 1.29 is 14.6 Å². The van der Waals surface area contributed by atoms with Gasteiger partial charge in [0.2, 0.25) is 0 Å². The summed E-state index contributed by atoms with van der Waals surface area (Å²) < 4.78 is 5.17. The van der Waals surface area contributed by atoms with E-state index in [4.69, 9.17) is 9.84 Å². The minimum Gasteiger partial charge on any atom is -0.478 e. The standard InChI is InChI=1S/C13H14O3/c1-4-6-7-8-12(5-2)16-11(3)9-10-13(14)15/h4-7,9-10H,2-3H2,1H3,(H,14,15)/b6-4-,10-9+. The van der Waals surface area contributed by atoms with Crippen molar-refractivity contribution >= 4 is 5.97 Å². The van der Waals surface area contributed by atoms with E-state index in [1.807, 2.05) is 13.0 Å². The first-order chi connectivity index (χ1) is 7.60. The molecule has 0 aromatic heterocycles. The van der Waals surface area contributed by atoms with Crippen LogP contribution in [0.1, 0.15) is 6.92 Å². The number of hydrogen-bond acceptors (Lipinski definition) is 2. The van der Waals surface area contributed by atoms with Gasteiger partial charge in [-0.3, -0.25) is 0 Å². The monoisotopic (exact) mass is 218 g/mol. The van der Waals surface area contributed by atoms with Crippen LogP contribution in [0.3, 0.4) is 0 Å². The Kier molecular flexibility index (Phi) is 6.95. The molecule has 0 rings (SSSR count). The number of rotatable bonds is 6. The second-order valence-electron chi connectivity index (χ2n) is 2.65. The van der Waals surface area contributed by atoms with Crippen LogP contribution in [-0.4, -0.2) is 11.1 Å².